The Hall–Kier alpha value is -1.61. The molecular formula is C17H17ClF2O. The predicted molar refractivity (Wildman–Crippen MR) is 81.3 cm³/mol. The lowest BCUT2D eigenvalue weighted by atomic mass is 9.98. The lowest BCUT2D eigenvalue weighted by Crippen LogP contribution is -2.06. The van der Waals surface area contributed by atoms with Gasteiger partial charge < -0.3 is 4.74 Å². The van der Waals surface area contributed by atoms with Gasteiger partial charge in [0.15, 0.2) is 0 Å². The Morgan fingerprint density at radius 2 is 1.81 bits per heavy atom. The first-order valence-electron chi connectivity index (χ1n) is 6.71. The molecule has 0 amide bonds. The largest absolute Gasteiger partial charge is 0.434 e. The highest BCUT2D eigenvalue weighted by atomic mass is 35.5. The number of para-hydroxylation sites is 1. The van der Waals surface area contributed by atoms with Crippen molar-refractivity contribution in [1.29, 1.82) is 0 Å². The van der Waals surface area contributed by atoms with E-state index in [-0.39, 0.29) is 5.75 Å². The molecule has 112 valence electrons. The average molecular weight is 311 g/mol. The van der Waals surface area contributed by atoms with Gasteiger partial charge in [0.05, 0.1) is 5.38 Å². The van der Waals surface area contributed by atoms with Crippen LogP contribution in [0.25, 0.3) is 0 Å². The van der Waals surface area contributed by atoms with Crippen molar-refractivity contribution in [3.8, 4) is 5.75 Å². The van der Waals surface area contributed by atoms with Gasteiger partial charge in [-0.1, -0.05) is 42.0 Å². The van der Waals surface area contributed by atoms with Gasteiger partial charge in [-0.25, -0.2) is 0 Å². The molecule has 1 unspecified atom stereocenters. The van der Waals surface area contributed by atoms with Crippen LogP contribution in [0.5, 0.6) is 5.75 Å². The quantitative estimate of drug-likeness (QED) is 0.669. The van der Waals surface area contributed by atoms with Gasteiger partial charge in [-0.3, -0.25) is 0 Å². The third-order valence-electron chi connectivity index (χ3n) is 3.38. The number of halogens is 3. The van der Waals surface area contributed by atoms with Crippen LogP contribution in [0.3, 0.4) is 0 Å². The Labute approximate surface area is 128 Å². The standard InChI is InChI=1S/C17H17ClF2O/c1-11-7-8-12(2)13(9-11)10-15(18)14-5-3-4-6-16(14)21-17(19)20/h3-9,15,17H,10H2,1-2H3. The van der Waals surface area contributed by atoms with Gasteiger partial charge >= 0.3 is 6.61 Å². The second kappa shape index (κ2) is 6.90. The van der Waals surface area contributed by atoms with Crippen LogP contribution in [0.15, 0.2) is 42.5 Å². The summed E-state index contributed by atoms with van der Waals surface area (Å²) in [4.78, 5) is 0. The number of hydrogen-bond donors (Lipinski definition) is 0. The molecule has 0 saturated heterocycles. The zero-order valence-corrected chi connectivity index (χ0v) is 12.7. The van der Waals surface area contributed by atoms with E-state index in [1.165, 1.54) is 6.07 Å². The number of ether oxygens (including phenoxy) is 1. The van der Waals surface area contributed by atoms with Crippen molar-refractivity contribution in [2.75, 3.05) is 0 Å². The molecule has 0 aliphatic heterocycles. The summed E-state index contributed by atoms with van der Waals surface area (Å²) in [7, 11) is 0. The molecule has 1 nitrogen and oxygen atoms in total. The monoisotopic (exact) mass is 310 g/mol. The minimum absolute atomic E-state index is 0.137. The van der Waals surface area contributed by atoms with E-state index < -0.39 is 12.0 Å². The highest BCUT2D eigenvalue weighted by Gasteiger charge is 2.17. The second-order valence-electron chi connectivity index (χ2n) is 5.02. The number of aryl methyl sites for hydroxylation is 2. The van der Waals surface area contributed by atoms with Gasteiger partial charge in [0.2, 0.25) is 0 Å². The first-order valence-corrected chi connectivity index (χ1v) is 7.15. The van der Waals surface area contributed by atoms with Gasteiger partial charge in [0.25, 0.3) is 0 Å². The van der Waals surface area contributed by atoms with Gasteiger partial charge in [-0.15, -0.1) is 11.6 Å². The molecule has 21 heavy (non-hydrogen) atoms. The SMILES string of the molecule is Cc1ccc(C)c(CC(Cl)c2ccccc2OC(F)F)c1. The summed E-state index contributed by atoms with van der Waals surface area (Å²) < 4.78 is 29.4. The highest BCUT2D eigenvalue weighted by molar-refractivity contribution is 6.21. The maximum absolute atomic E-state index is 12.4. The van der Waals surface area contributed by atoms with Crippen LogP contribution in [0.1, 0.15) is 27.6 Å². The number of benzene rings is 2. The maximum Gasteiger partial charge on any atom is 0.387 e. The normalized spacial score (nSPS) is 12.5. The van der Waals surface area contributed by atoms with E-state index in [1.54, 1.807) is 18.2 Å². The molecule has 0 spiro atoms. The molecule has 0 fully saturated rings. The molecule has 0 bridgehead atoms. The molecule has 0 N–H and O–H groups in total. The van der Waals surface area contributed by atoms with Crippen molar-refractivity contribution >= 4 is 11.6 Å². The Morgan fingerprint density at radius 1 is 1.10 bits per heavy atom. The van der Waals surface area contributed by atoms with Crippen molar-refractivity contribution in [2.24, 2.45) is 0 Å². The van der Waals surface area contributed by atoms with Crippen LogP contribution < -0.4 is 4.74 Å². The van der Waals surface area contributed by atoms with E-state index in [0.717, 1.165) is 16.7 Å². The van der Waals surface area contributed by atoms with Gasteiger partial charge in [-0.05, 0) is 37.5 Å². The molecule has 2 aromatic rings. The molecule has 0 aliphatic rings. The molecule has 0 saturated carbocycles. The smallest absolute Gasteiger partial charge is 0.387 e. The molecule has 0 heterocycles. The lowest BCUT2D eigenvalue weighted by Gasteiger charge is -2.16. The van der Waals surface area contributed by atoms with E-state index in [9.17, 15) is 8.78 Å². The Kier molecular flexibility index (Phi) is 5.18. The van der Waals surface area contributed by atoms with Crippen molar-refractivity contribution in [1.82, 2.24) is 0 Å². The Balaban J connectivity index is 2.24. The molecule has 2 rings (SSSR count). The molecule has 1 atom stereocenters. The zero-order chi connectivity index (χ0) is 15.4. The zero-order valence-electron chi connectivity index (χ0n) is 11.9. The topological polar surface area (TPSA) is 9.23 Å². The van der Waals surface area contributed by atoms with Crippen LogP contribution in [0.2, 0.25) is 0 Å². The fourth-order valence-corrected chi connectivity index (χ4v) is 2.61. The number of rotatable bonds is 5. The van der Waals surface area contributed by atoms with E-state index in [2.05, 4.69) is 10.8 Å². The highest BCUT2D eigenvalue weighted by Crippen LogP contribution is 2.33. The Bertz CT molecular complexity index is 613. The molecule has 0 aromatic heterocycles. The summed E-state index contributed by atoms with van der Waals surface area (Å²) in [6.45, 7) is 1.18. The van der Waals surface area contributed by atoms with Crippen molar-refractivity contribution in [3.05, 3.63) is 64.7 Å². The molecule has 2 aromatic carbocycles. The Morgan fingerprint density at radius 3 is 2.52 bits per heavy atom. The summed E-state index contributed by atoms with van der Waals surface area (Å²) >= 11 is 6.43. The molecular weight excluding hydrogens is 294 g/mol. The fraction of sp³-hybridized carbons (Fsp3) is 0.294. The summed E-state index contributed by atoms with van der Waals surface area (Å²) in [5, 5.41) is -0.416. The van der Waals surface area contributed by atoms with Gasteiger partial charge in [0.1, 0.15) is 5.75 Å². The average Bonchev–Trinajstić information content (AvgIpc) is 2.42. The van der Waals surface area contributed by atoms with E-state index in [0.29, 0.717) is 12.0 Å². The third-order valence-corrected chi connectivity index (χ3v) is 3.77. The van der Waals surface area contributed by atoms with Crippen molar-refractivity contribution < 1.29 is 13.5 Å². The van der Waals surface area contributed by atoms with Crippen molar-refractivity contribution in [2.45, 2.75) is 32.3 Å². The van der Waals surface area contributed by atoms with Gasteiger partial charge in [-0.2, -0.15) is 8.78 Å². The minimum Gasteiger partial charge on any atom is -0.434 e. The number of hydrogen-bond acceptors (Lipinski definition) is 1. The van der Waals surface area contributed by atoms with E-state index >= 15 is 0 Å². The van der Waals surface area contributed by atoms with Crippen LogP contribution in [-0.4, -0.2) is 6.61 Å². The minimum atomic E-state index is -2.85. The van der Waals surface area contributed by atoms with Crippen molar-refractivity contribution in [3.63, 3.8) is 0 Å². The fourth-order valence-electron chi connectivity index (χ4n) is 2.27. The third kappa shape index (κ3) is 4.18. The van der Waals surface area contributed by atoms with Crippen LogP contribution in [0, 0.1) is 13.8 Å². The summed E-state index contributed by atoms with van der Waals surface area (Å²) in [6, 6.07) is 12.8. The van der Waals surface area contributed by atoms with E-state index in [4.69, 9.17) is 11.6 Å². The lowest BCUT2D eigenvalue weighted by molar-refractivity contribution is -0.0504. The number of alkyl halides is 3. The predicted octanol–water partition coefficient (Wildman–Crippen LogP) is 5.43. The molecule has 4 heteroatoms. The second-order valence-corrected chi connectivity index (χ2v) is 5.54. The maximum atomic E-state index is 12.4. The molecule has 0 aliphatic carbocycles. The molecule has 0 radical (unpaired) electrons. The first-order chi connectivity index (χ1) is 9.97. The summed E-state index contributed by atoms with van der Waals surface area (Å²) in [6.07, 6.45) is 0.568. The van der Waals surface area contributed by atoms with Crippen LogP contribution in [-0.2, 0) is 6.42 Å². The van der Waals surface area contributed by atoms with Gasteiger partial charge in [0, 0.05) is 5.56 Å². The van der Waals surface area contributed by atoms with E-state index in [1.807, 2.05) is 26.0 Å². The summed E-state index contributed by atoms with van der Waals surface area (Å²) in [5.41, 5.74) is 3.98. The summed E-state index contributed by atoms with van der Waals surface area (Å²) in [5.74, 6) is 0.137. The first kappa shape index (κ1) is 15.8. The van der Waals surface area contributed by atoms with Crippen LogP contribution in [0.4, 0.5) is 8.78 Å². The van der Waals surface area contributed by atoms with Crippen LogP contribution >= 0.6 is 11.6 Å².